The van der Waals surface area contributed by atoms with E-state index < -0.39 is 0 Å². The molecule has 2 heterocycles. The van der Waals surface area contributed by atoms with Crippen molar-refractivity contribution in [2.45, 2.75) is 6.54 Å². The van der Waals surface area contributed by atoms with Gasteiger partial charge in [-0.3, -0.25) is 9.78 Å². The average molecular weight is 328 g/mol. The zero-order valence-electron chi connectivity index (χ0n) is 12.1. The highest BCUT2D eigenvalue weighted by Gasteiger charge is 2.09. The molecule has 0 bridgehead atoms. The zero-order chi connectivity index (χ0) is 16.1. The third-order valence-corrected chi connectivity index (χ3v) is 3.36. The van der Waals surface area contributed by atoms with E-state index >= 15 is 0 Å². The molecule has 0 aliphatic rings. The number of rotatable bonds is 5. The van der Waals surface area contributed by atoms with Crippen LogP contribution in [0, 0.1) is 0 Å². The van der Waals surface area contributed by atoms with Crippen LogP contribution in [0.1, 0.15) is 16.2 Å². The number of carbonyl (C=O) groups excluding carboxylic acids is 1. The minimum absolute atomic E-state index is 0.297. The smallest absolute Gasteiger partial charge is 0.274 e. The highest BCUT2D eigenvalue weighted by Crippen LogP contribution is 2.16. The molecule has 0 spiro atoms. The molecule has 0 unspecified atom stereocenters. The summed E-state index contributed by atoms with van der Waals surface area (Å²) in [4.78, 5) is 16.3. The lowest BCUT2D eigenvalue weighted by molar-refractivity contribution is 0.102. The number of pyridine rings is 1. The lowest BCUT2D eigenvalue weighted by Crippen LogP contribution is -2.14. The molecule has 0 aliphatic heterocycles. The molecule has 116 valence electrons. The van der Waals surface area contributed by atoms with E-state index in [4.69, 9.17) is 16.0 Å². The Balaban J connectivity index is 1.67. The molecule has 0 saturated carbocycles. The number of benzene rings is 1. The molecule has 0 fully saturated rings. The normalized spacial score (nSPS) is 10.3. The van der Waals surface area contributed by atoms with Gasteiger partial charge in [-0.2, -0.15) is 0 Å². The van der Waals surface area contributed by atoms with Gasteiger partial charge in [0.25, 0.3) is 5.91 Å². The summed E-state index contributed by atoms with van der Waals surface area (Å²) in [6, 6.07) is 14.1. The van der Waals surface area contributed by atoms with Gasteiger partial charge in [0.05, 0.1) is 12.8 Å². The summed E-state index contributed by atoms with van der Waals surface area (Å²) in [5, 5.41) is 6.50. The van der Waals surface area contributed by atoms with Crippen molar-refractivity contribution in [3.63, 3.8) is 0 Å². The van der Waals surface area contributed by atoms with Gasteiger partial charge in [-0.05, 0) is 42.5 Å². The van der Waals surface area contributed by atoms with E-state index in [1.54, 1.807) is 48.9 Å². The van der Waals surface area contributed by atoms with Crippen LogP contribution in [-0.2, 0) is 6.54 Å². The molecule has 0 atom stereocenters. The molecule has 3 aromatic rings. The number of carbonyl (C=O) groups is 1. The molecule has 2 aromatic heterocycles. The predicted molar refractivity (Wildman–Crippen MR) is 89.7 cm³/mol. The van der Waals surface area contributed by atoms with Crippen molar-refractivity contribution in [1.29, 1.82) is 0 Å². The highest BCUT2D eigenvalue weighted by molar-refractivity contribution is 6.30. The Morgan fingerprint density at radius 2 is 2.04 bits per heavy atom. The van der Waals surface area contributed by atoms with Gasteiger partial charge in [-0.25, -0.2) is 0 Å². The fraction of sp³-hybridized carbons (Fsp3) is 0.0588. The third-order valence-electron chi connectivity index (χ3n) is 3.12. The van der Waals surface area contributed by atoms with E-state index in [2.05, 4.69) is 15.6 Å². The minimum Gasteiger partial charge on any atom is -0.467 e. The number of aromatic nitrogens is 1. The second-order valence-electron chi connectivity index (χ2n) is 4.83. The van der Waals surface area contributed by atoms with Gasteiger partial charge in [0, 0.05) is 22.6 Å². The molecular formula is C17H14ClN3O2. The largest absolute Gasteiger partial charge is 0.467 e. The maximum Gasteiger partial charge on any atom is 0.274 e. The summed E-state index contributed by atoms with van der Waals surface area (Å²) in [7, 11) is 0. The maximum absolute atomic E-state index is 12.2. The second-order valence-corrected chi connectivity index (χ2v) is 5.26. The third kappa shape index (κ3) is 4.11. The molecule has 2 N–H and O–H groups in total. The van der Waals surface area contributed by atoms with Crippen molar-refractivity contribution in [2.75, 3.05) is 10.6 Å². The minimum atomic E-state index is -0.297. The summed E-state index contributed by atoms with van der Waals surface area (Å²) >= 11 is 5.90. The fourth-order valence-corrected chi connectivity index (χ4v) is 2.22. The highest BCUT2D eigenvalue weighted by atomic mass is 35.5. The molecule has 1 amide bonds. The first-order valence-electron chi connectivity index (χ1n) is 7.00. The molecule has 5 nitrogen and oxygen atoms in total. The van der Waals surface area contributed by atoms with Crippen molar-refractivity contribution in [1.82, 2.24) is 4.98 Å². The molecule has 3 rings (SSSR count). The Kier molecular flexibility index (Phi) is 4.59. The molecule has 1 aromatic carbocycles. The van der Waals surface area contributed by atoms with E-state index in [1.807, 2.05) is 12.1 Å². The number of furan rings is 1. The molecule has 23 heavy (non-hydrogen) atoms. The molecule has 6 heteroatoms. The van der Waals surface area contributed by atoms with Crippen molar-refractivity contribution in [3.8, 4) is 0 Å². The molecule has 0 aliphatic carbocycles. The van der Waals surface area contributed by atoms with Crippen molar-refractivity contribution in [3.05, 3.63) is 77.5 Å². The summed E-state index contributed by atoms with van der Waals surface area (Å²) in [6.07, 6.45) is 3.20. The first-order valence-corrected chi connectivity index (χ1v) is 7.38. The van der Waals surface area contributed by atoms with E-state index in [0.29, 0.717) is 22.9 Å². The monoisotopic (exact) mass is 327 g/mol. The van der Waals surface area contributed by atoms with Crippen molar-refractivity contribution < 1.29 is 9.21 Å². The number of hydrogen-bond donors (Lipinski definition) is 2. The Morgan fingerprint density at radius 3 is 2.83 bits per heavy atom. The fourth-order valence-electron chi connectivity index (χ4n) is 2.03. The number of nitrogens with one attached hydrogen (secondary N) is 2. The Morgan fingerprint density at radius 1 is 1.13 bits per heavy atom. The number of anilines is 2. The summed E-state index contributed by atoms with van der Waals surface area (Å²) < 4.78 is 5.25. The molecular weight excluding hydrogens is 314 g/mol. The molecule has 0 radical (unpaired) electrons. The van der Waals surface area contributed by atoms with Crippen LogP contribution in [0.2, 0.25) is 5.02 Å². The first kappa shape index (κ1) is 15.1. The van der Waals surface area contributed by atoms with Crippen LogP contribution in [0.4, 0.5) is 11.4 Å². The Labute approximate surface area is 138 Å². The Bertz CT molecular complexity index is 803. The van der Waals surface area contributed by atoms with Crippen LogP contribution in [0.25, 0.3) is 0 Å². The first-order chi connectivity index (χ1) is 11.2. The van der Waals surface area contributed by atoms with Crippen LogP contribution in [-0.4, -0.2) is 10.9 Å². The van der Waals surface area contributed by atoms with Gasteiger partial charge >= 0.3 is 0 Å². The summed E-state index contributed by atoms with van der Waals surface area (Å²) in [6.45, 7) is 0.534. The number of halogens is 1. The van der Waals surface area contributed by atoms with Gasteiger partial charge in [0.2, 0.25) is 0 Å². The van der Waals surface area contributed by atoms with Crippen LogP contribution < -0.4 is 10.6 Å². The average Bonchev–Trinajstić information content (AvgIpc) is 3.07. The number of nitrogens with zero attached hydrogens (tertiary/aromatic N) is 1. The van der Waals surface area contributed by atoms with Gasteiger partial charge in [-0.1, -0.05) is 17.7 Å². The number of amides is 1. The number of hydrogen-bond acceptors (Lipinski definition) is 4. The van der Waals surface area contributed by atoms with Gasteiger partial charge < -0.3 is 15.1 Å². The van der Waals surface area contributed by atoms with Crippen LogP contribution in [0.15, 0.2) is 65.4 Å². The maximum atomic E-state index is 12.2. The second kappa shape index (κ2) is 6.98. The van der Waals surface area contributed by atoms with Crippen molar-refractivity contribution in [2.24, 2.45) is 0 Å². The zero-order valence-corrected chi connectivity index (χ0v) is 12.9. The SMILES string of the molecule is O=C(Nc1cccc(Cl)c1)c1cc(NCc2ccco2)ccn1. The van der Waals surface area contributed by atoms with Gasteiger partial charge in [0.1, 0.15) is 11.5 Å². The molecule has 0 saturated heterocycles. The van der Waals surface area contributed by atoms with E-state index in [0.717, 1.165) is 11.4 Å². The quantitative estimate of drug-likeness (QED) is 0.737. The van der Waals surface area contributed by atoms with Crippen LogP contribution >= 0.6 is 11.6 Å². The van der Waals surface area contributed by atoms with Gasteiger partial charge in [0.15, 0.2) is 0 Å². The van der Waals surface area contributed by atoms with E-state index in [1.165, 1.54) is 0 Å². The van der Waals surface area contributed by atoms with Crippen LogP contribution in [0.5, 0.6) is 0 Å². The lowest BCUT2D eigenvalue weighted by Gasteiger charge is -2.08. The lowest BCUT2D eigenvalue weighted by atomic mass is 10.2. The Hall–Kier alpha value is -2.79. The van der Waals surface area contributed by atoms with Gasteiger partial charge in [-0.15, -0.1) is 0 Å². The standard InChI is InChI=1S/C17H14ClN3O2/c18-12-3-1-4-14(9-12)21-17(22)16-10-13(6-7-19-16)20-11-15-5-2-8-23-15/h1-10H,11H2,(H,19,20)(H,21,22). The van der Waals surface area contributed by atoms with E-state index in [-0.39, 0.29) is 5.91 Å². The summed E-state index contributed by atoms with van der Waals surface area (Å²) in [5.74, 6) is 0.514. The predicted octanol–water partition coefficient (Wildman–Crippen LogP) is 4.19. The summed E-state index contributed by atoms with van der Waals surface area (Å²) in [5.41, 5.74) is 1.72. The topological polar surface area (TPSA) is 67.2 Å². The van der Waals surface area contributed by atoms with Crippen molar-refractivity contribution >= 4 is 28.9 Å². The van der Waals surface area contributed by atoms with Crippen LogP contribution in [0.3, 0.4) is 0 Å². The van der Waals surface area contributed by atoms with E-state index in [9.17, 15) is 4.79 Å².